The molecule has 0 radical (unpaired) electrons. The number of hydrogen-bond acceptors (Lipinski definition) is 4. The summed E-state index contributed by atoms with van der Waals surface area (Å²) in [6.07, 6.45) is 1.78. The minimum Gasteiger partial charge on any atom is -0.486 e. The van der Waals surface area contributed by atoms with Gasteiger partial charge in [0.05, 0.1) is 41.0 Å². The van der Waals surface area contributed by atoms with E-state index < -0.39 is 5.82 Å². The molecule has 6 rings (SSSR count). The zero-order valence-electron chi connectivity index (χ0n) is 21.2. The van der Waals surface area contributed by atoms with E-state index in [1.807, 2.05) is 80.6 Å². The Morgan fingerprint density at radius 1 is 1.00 bits per heavy atom. The van der Waals surface area contributed by atoms with Crippen molar-refractivity contribution in [3.8, 4) is 28.4 Å². The highest BCUT2D eigenvalue weighted by molar-refractivity contribution is 5.86. The molecule has 1 aliphatic heterocycles. The van der Waals surface area contributed by atoms with Crippen molar-refractivity contribution in [1.82, 2.24) is 14.5 Å². The normalized spacial score (nSPS) is 14.5. The number of halogens is 1. The lowest BCUT2D eigenvalue weighted by Gasteiger charge is -2.41. The summed E-state index contributed by atoms with van der Waals surface area (Å²) in [5.41, 5.74) is 6.38. The van der Waals surface area contributed by atoms with Crippen LogP contribution in [0.1, 0.15) is 23.6 Å². The first-order chi connectivity index (χ1) is 17.9. The summed E-state index contributed by atoms with van der Waals surface area (Å²) in [7, 11) is 0. The standard InChI is InChI=1S/C31H28FN3O2/c1-20-15-24(28(32)29(21(20)2)37-17-22-9-5-4-6-10-22)30-34-26-13-12-23(25-11-7-8-14-33-25)16-27(26)35(30)31(3)18-36-19-31/h4-16H,17-19H2,1-3H3. The number of hydrogen-bond donors (Lipinski definition) is 0. The minimum absolute atomic E-state index is 0.265. The fourth-order valence-electron chi connectivity index (χ4n) is 4.94. The third-order valence-corrected chi connectivity index (χ3v) is 7.18. The largest absolute Gasteiger partial charge is 0.486 e. The molecule has 0 aliphatic carbocycles. The van der Waals surface area contributed by atoms with Crippen molar-refractivity contribution < 1.29 is 13.9 Å². The molecule has 0 bridgehead atoms. The fraction of sp³-hybridized carbons (Fsp3) is 0.226. The first-order valence-electron chi connectivity index (χ1n) is 12.4. The molecule has 0 spiro atoms. The van der Waals surface area contributed by atoms with E-state index in [9.17, 15) is 0 Å². The monoisotopic (exact) mass is 493 g/mol. The van der Waals surface area contributed by atoms with Crippen LogP contribution in [0.4, 0.5) is 4.39 Å². The van der Waals surface area contributed by atoms with Gasteiger partial charge in [0.2, 0.25) is 0 Å². The van der Waals surface area contributed by atoms with Crippen LogP contribution < -0.4 is 4.74 Å². The van der Waals surface area contributed by atoms with Crippen LogP contribution in [0.5, 0.6) is 5.75 Å². The number of aromatic nitrogens is 3. The molecule has 0 atom stereocenters. The van der Waals surface area contributed by atoms with Crippen molar-refractivity contribution in [2.75, 3.05) is 13.2 Å². The number of pyridine rings is 1. The minimum atomic E-state index is -0.399. The summed E-state index contributed by atoms with van der Waals surface area (Å²) in [6.45, 7) is 7.35. The summed E-state index contributed by atoms with van der Waals surface area (Å²) in [4.78, 5) is 9.46. The van der Waals surface area contributed by atoms with E-state index >= 15 is 4.39 Å². The van der Waals surface area contributed by atoms with E-state index in [4.69, 9.17) is 14.5 Å². The molecule has 186 valence electrons. The predicted molar refractivity (Wildman–Crippen MR) is 143 cm³/mol. The lowest BCUT2D eigenvalue weighted by molar-refractivity contribution is -0.0868. The molecular formula is C31H28FN3O2. The van der Waals surface area contributed by atoms with E-state index in [-0.39, 0.29) is 17.9 Å². The van der Waals surface area contributed by atoms with Gasteiger partial charge in [0.25, 0.3) is 0 Å². The molecule has 37 heavy (non-hydrogen) atoms. The maximum Gasteiger partial charge on any atom is 0.176 e. The van der Waals surface area contributed by atoms with Crippen LogP contribution in [0, 0.1) is 19.7 Å². The van der Waals surface area contributed by atoms with Crippen LogP contribution in [0.25, 0.3) is 33.7 Å². The number of nitrogens with zero attached hydrogens (tertiary/aromatic N) is 3. The number of ether oxygens (including phenoxy) is 2. The van der Waals surface area contributed by atoms with Gasteiger partial charge >= 0.3 is 0 Å². The second-order valence-corrected chi connectivity index (χ2v) is 9.96. The van der Waals surface area contributed by atoms with E-state index in [1.165, 1.54) is 0 Å². The third-order valence-electron chi connectivity index (χ3n) is 7.18. The van der Waals surface area contributed by atoms with E-state index in [0.29, 0.717) is 24.6 Å². The molecule has 2 aromatic heterocycles. The second-order valence-electron chi connectivity index (χ2n) is 9.96. The Hall–Kier alpha value is -4.03. The molecule has 0 saturated carbocycles. The Morgan fingerprint density at radius 2 is 1.78 bits per heavy atom. The van der Waals surface area contributed by atoms with E-state index in [2.05, 4.69) is 22.5 Å². The van der Waals surface area contributed by atoms with E-state index in [1.54, 1.807) is 6.20 Å². The molecule has 1 aliphatic rings. The van der Waals surface area contributed by atoms with Crippen LogP contribution in [-0.4, -0.2) is 27.7 Å². The summed E-state index contributed by atoms with van der Waals surface area (Å²) in [5, 5.41) is 0. The van der Waals surface area contributed by atoms with Crippen molar-refractivity contribution in [2.24, 2.45) is 0 Å². The molecule has 1 saturated heterocycles. The first-order valence-corrected chi connectivity index (χ1v) is 12.4. The van der Waals surface area contributed by atoms with Gasteiger partial charge in [-0.2, -0.15) is 0 Å². The van der Waals surface area contributed by atoms with Gasteiger partial charge in [-0.3, -0.25) is 4.98 Å². The number of rotatable bonds is 6. The van der Waals surface area contributed by atoms with Crippen molar-refractivity contribution >= 4 is 11.0 Å². The summed E-state index contributed by atoms with van der Waals surface area (Å²) >= 11 is 0. The molecule has 6 heteroatoms. The van der Waals surface area contributed by atoms with Crippen molar-refractivity contribution in [3.63, 3.8) is 0 Å². The highest BCUT2D eigenvalue weighted by atomic mass is 19.1. The quantitative estimate of drug-likeness (QED) is 0.260. The SMILES string of the molecule is Cc1cc(-c2nc3ccc(-c4ccccn4)cc3n2C2(C)COC2)c(F)c(OCc2ccccc2)c1C. The van der Waals surface area contributed by atoms with Crippen LogP contribution in [0.2, 0.25) is 0 Å². The average Bonchev–Trinajstić information content (AvgIpc) is 3.29. The van der Waals surface area contributed by atoms with Crippen molar-refractivity contribution in [3.05, 3.63) is 102 Å². The zero-order valence-corrected chi connectivity index (χ0v) is 21.2. The van der Waals surface area contributed by atoms with Crippen LogP contribution in [-0.2, 0) is 16.9 Å². The Labute approximate surface area is 215 Å². The number of benzene rings is 3. The van der Waals surface area contributed by atoms with Gasteiger partial charge in [0, 0.05) is 11.8 Å². The van der Waals surface area contributed by atoms with Gasteiger partial charge in [-0.25, -0.2) is 9.37 Å². The smallest absolute Gasteiger partial charge is 0.176 e. The maximum atomic E-state index is 16.2. The second kappa shape index (κ2) is 9.12. The predicted octanol–water partition coefficient (Wildman–Crippen LogP) is 6.85. The lowest BCUT2D eigenvalue weighted by Crippen LogP contribution is -2.49. The Morgan fingerprint density at radius 3 is 2.49 bits per heavy atom. The molecule has 3 heterocycles. The Balaban J connectivity index is 1.51. The topological polar surface area (TPSA) is 49.2 Å². The van der Waals surface area contributed by atoms with Crippen LogP contribution in [0.3, 0.4) is 0 Å². The molecule has 0 N–H and O–H groups in total. The average molecular weight is 494 g/mol. The highest BCUT2D eigenvalue weighted by Crippen LogP contribution is 2.40. The van der Waals surface area contributed by atoms with Gasteiger partial charge in [-0.1, -0.05) is 42.5 Å². The van der Waals surface area contributed by atoms with Crippen LogP contribution >= 0.6 is 0 Å². The van der Waals surface area contributed by atoms with Gasteiger partial charge in [0.15, 0.2) is 11.6 Å². The highest BCUT2D eigenvalue weighted by Gasteiger charge is 2.39. The molecule has 1 fully saturated rings. The molecule has 0 unspecified atom stereocenters. The van der Waals surface area contributed by atoms with E-state index in [0.717, 1.165) is 39.0 Å². The fourth-order valence-corrected chi connectivity index (χ4v) is 4.94. The summed E-state index contributed by atoms with van der Waals surface area (Å²) in [6, 6.07) is 23.6. The van der Waals surface area contributed by atoms with Gasteiger partial charge < -0.3 is 14.0 Å². The van der Waals surface area contributed by atoms with Crippen molar-refractivity contribution in [1.29, 1.82) is 0 Å². The Kier molecular flexibility index (Phi) is 5.76. The summed E-state index contributed by atoms with van der Waals surface area (Å²) in [5.74, 6) is 0.440. The number of imidazole rings is 1. The van der Waals surface area contributed by atoms with Crippen LogP contribution in [0.15, 0.2) is 79.0 Å². The Bertz CT molecular complexity index is 1590. The first kappa shape index (κ1) is 23.4. The summed E-state index contributed by atoms with van der Waals surface area (Å²) < 4.78 is 30.1. The molecule has 5 nitrogen and oxygen atoms in total. The number of aryl methyl sites for hydroxylation is 1. The third kappa shape index (κ3) is 4.07. The zero-order chi connectivity index (χ0) is 25.6. The van der Waals surface area contributed by atoms with Gasteiger partial charge in [-0.05, 0) is 67.8 Å². The number of fused-ring (bicyclic) bond motifs is 1. The van der Waals surface area contributed by atoms with Gasteiger partial charge in [-0.15, -0.1) is 0 Å². The lowest BCUT2D eigenvalue weighted by atomic mass is 9.97. The molecular weight excluding hydrogens is 465 g/mol. The molecule has 0 amide bonds. The molecule has 5 aromatic rings. The maximum absolute atomic E-state index is 16.2. The van der Waals surface area contributed by atoms with Crippen molar-refractivity contribution in [2.45, 2.75) is 32.9 Å². The van der Waals surface area contributed by atoms with Gasteiger partial charge in [0.1, 0.15) is 12.4 Å². The molecule has 3 aromatic carbocycles.